The van der Waals surface area contributed by atoms with Gasteiger partial charge < -0.3 is 20.1 Å². The van der Waals surface area contributed by atoms with Crippen LogP contribution < -0.4 is 10.6 Å². The minimum atomic E-state index is -0.653. The number of benzene rings is 2. The van der Waals surface area contributed by atoms with Crippen molar-refractivity contribution in [3.63, 3.8) is 0 Å². The third-order valence-corrected chi connectivity index (χ3v) is 4.22. The highest BCUT2D eigenvalue weighted by molar-refractivity contribution is 6.06. The first-order valence-electron chi connectivity index (χ1n) is 9.41. The quantitative estimate of drug-likeness (QED) is 0.641. The molecule has 30 heavy (non-hydrogen) atoms. The van der Waals surface area contributed by atoms with Gasteiger partial charge in [0.25, 0.3) is 5.91 Å². The highest BCUT2D eigenvalue weighted by atomic mass is 16.5. The summed E-state index contributed by atoms with van der Waals surface area (Å²) in [6.45, 7) is 2.01. The molecule has 2 N–H and O–H groups in total. The molecule has 0 saturated heterocycles. The van der Waals surface area contributed by atoms with Crippen LogP contribution in [0.2, 0.25) is 0 Å². The fourth-order valence-electron chi connectivity index (χ4n) is 2.64. The maximum absolute atomic E-state index is 12.6. The summed E-state index contributed by atoms with van der Waals surface area (Å²) in [5.74, 6) is -1.83. The summed E-state index contributed by atoms with van der Waals surface area (Å²) < 4.78 is 9.36. The highest BCUT2D eigenvalue weighted by Crippen LogP contribution is 2.19. The summed E-state index contributed by atoms with van der Waals surface area (Å²) in [4.78, 5) is 48.1. The van der Waals surface area contributed by atoms with Crippen molar-refractivity contribution >= 4 is 35.1 Å². The first-order valence-corrected chi connectivity index (χ1v) is 9.41. The zero-order valence-corrected chi connectivity index (χ0v) is 17.1. The van der Waals surface area contributed by atoms with Crippen molar-refractivity contribution in [3.8, 4) is 0 Å². The van der Waals surface area contributed by atoms with Gasteiger partial charge >= 0.3 is 11.9 Å². The van der Waals surface area contributed by atoms with Gasteiger partial charge in [0.15, 0.2) is 0 Å². The van der Waals surface area contributed by atoms with Crippen molar-refractivity contribution in [1.82, 2.24) is 0 Å². The molecule has 0 unspecified atom stereocenters. The zero-order valence-electron chi connectivity index (χ0n) is 17.1. The summed E-state index contributed by atoms with van der Waals surface area (Å²) in [5, 5.41) is 5.42. The van der Waals surface area contributed by atoms with Crippen LogP contribution in [-0.4, -0.2) is 38.0 Å². The molecule has 0 atom stereocenters. The molecule has 0 aliphatic carbocycles. The van der Waals surface area contributed by atoms with Crippen molar-refractivity contribution in [2.75, 3.05) is 24.9 Å². The van der Waals surface area contributed by atoms with Crippen LogP contribution in [0.1, 0.15) is 57.3 Å². The van der Waals surface area contributed by atoms with E-state index in [1.165, 1.54) is 32.4 Å². The van der Waals surface area contributed by atoms with Gasteiger partial charge in [-0.1, -0.05) is 13.3 Å². The predicted octanol–water partition coefficient (Wildman–Crippen LogP) is 3.64. The van der Waals surface area contributed by atoms with E-state index in [9.17, 15) is 19.2 Å². The number of methoxy groups -OCH3 is 2. The molecule has 158 valence electrons. The van der Waals surface area contributed by atoms with Crippen LogP contribution in [0.25, 0.3) is 0 Å². The average Bonchev–Trinajstić information content (AvgIpc) is 2.76. The van der Waals surface area contributed by atoms with E-state index in [0.29, 0.717) is 17.7 Å². The Balaban J connectivity index is 2.15. The number of anilines is 2. The molecule has 2 aromatic carbocycles. The molecule has 2 rings (SSSR count). The molecule has 0 radical (unpaired) electrons. The monoisotopic (exact) mass is 412 g/mol. The molecule has 2 aromatic rings. The van der Waals surface area contributed by atoms with Gasteiger partial charge in [0.1, 0.15) is 0 Å². The van der Waals surface area contributed by atoms with Crippen LogP contribution in [0.3, 0.4) is 0 Å². The van der Waals surface area contributed by atoms with E-state index in [0.717, 1.165) is 12.8 Å². The maximum atomic E-state index is 12.6. The second-order valence-corrected chi connectivity index (χ2v) is 6.47. The Kier molecular flexibility index (Phi) is 8.10. The SMILES string of the molecule is CCCCC(=O)Nc1ccc(C(=O)Nc2cc(C(=O)OC)cc(C(=O)OC)c2)cc1. The van der Waals surface area contributed by atoms with Gasteiger partial charge in [0.05, 0.1) is 25.3 Å². The van der Waals surface area contributed by atoms with Crippen molar-refractivity contribution in [3.05, 3.63) is 59.2 Å². The molecule has 8 nitrogen and oxygen atoms in total. The minimum Gasteiger partial charge on any atom is -0.465 e. The van der Waals surface area contributed by atoms with Gasteiger partial charge in [-0.25, -0.2) is 9.59 Å². The number of hydrogen-bond acceptors (Lipinski definition) is 6. The Labute approximate surface area is 174 Å². The van der Waals surface area contributed by atoms with E-state index in [-0.39, 0.29) is 22.7 Å². The maximum Gasteiger partial charge on any atom is 0.337 e. The summed E-state index contributed by atoms with van der Waals surface area (Å²) >= 11 is 0. The number of ether oxygens (including phenoxy) is 2. The molecule has 0 bridgehead atoms. The lowest BCUT2D eigenvalue weighted by molar-refractivity contribution is -0.116. The Hall–Kier alpha value is -3.68. The molecular formula is C22H24N2O6. The van der Waals surface area contributed by atoms with E-state index in [4.69, 9.17) is 0 Å². The van der Waals surface area contributed by atoms with E-state index in [2.05, 4.69) is 20.1 Å². The zero-order chi connectivity index (χ0) is 22.1. The number of amides is 2. The molecule has 0 spiro atoms. The van der Waals surface area contributed by atoms with Crippen LogP contribution in [-0.2, 0) is 14.3 Å². The van der Waals surface area contributed by atoms with Crippen LogP contribution in [0.4, 0.5) is 11.4 Å². The van der Waals surface area contributed by atoms with Gasteiger partial charge in [-0.15, -0.1) is 0 Å². The van der Waals surface area contributed by atoms with Crippen molar-refractivity contribution in [2.45, 2.75) is 26.2 Å². The lowest BCUT2D eigenvalue weighted by Gasteiger charge is -2.10. The lowest BCUT2D eigenvalue weighted by atomic mass is 10.1. The lowest BCUT2D eigenvalue weighted by Crippen LogP contribution is -2.15. The third kappa shape index (κ3) is 6.16. The number of unbranched alkanes of at least 4 members (excludes halogenated alkanes) is 1. The molecule has 0 aliphatic heterocycles. The molecule has 0 aromatic heterocycles. The molecule has 0 aliphatic rings. The van der Waals surface area contributed by atoms with Crippen LogP contribution in [0, 0.1) is 0 Å². The average molecular weight is 412 g/mol. The molecule has 0 saturated carbocycles. The Morgan fingerprint density at radius 1 is 0.767 bits per heavy atom. The fraction of sp³-hybridized carbons (Fsp3) is 0.273. The molecule has 0 heterocycles. The number of nitrogens with one attached hydrogen (secondary N) is 2. The summed E-state index contributed by atoms with van der Waals surface area (Å²) in [7, 11) is 2.43. The Morgan fingerprint density at radius 3 is 1.83 bits per heavy atom. The van der Waals surface area contributed by atoms with Crippen LogP contribution >= 0.6 is 0 Å². The number of carbonyl (C=O) groups excluding carboxylic acids is 4. The minimum absolute atomic E-state index is 0.0796. The second kappa shape index (κ2) is 10.8. The van der Waals surface area contributed by atoms with E-state index in [1.54, 1.807) is 24.3 Å². The topological polar surface area (TPSA) is 111 Å². The van der Waals surface area contributed by atoms with E-state index < -0.39 is 17.8 Å². The van der Waals surface area contributed by atoms with Gasteiger partial charge in [-0.3, -0.25) is 9.59 Å². The molecular weight excluding hydrogens is 388 g/mol. The summed E-state index contributed by atoms with van der Waals surface area (Å²) in [6, 6.07) is 10.5. The van der Waals surface area contributed by atoms with Crippen LogP contribution in [0.5, 0.6) is 0 Å². The molecule has 2 amide bonds. The van der Waals surface area contributed by atoms with Crippen molar-refractivity contribution in [2.24, 2.45) is 0 Å². The number of rotatable bonds is 8. The number of carbonyl (C=O) groups is 4. The first-order chi connectivity index (χ1) is 14.4. The number of hydrogen-bond donors (Lipinski definition) is 2. The molecule has 8 heteroatoms. The number of esters is 2. The van der Waals surface area contributed by atoms with Gasteiger partial charge in [-0.2, -0.15) is 0 Å². The normalized spacial score (nSPS) is 10.1. The first kappa shape index (κ1) is 22.6. The smallest absolute Gasteiger partial charge is 0.337 e. The Morgan fingerprint density at radius 2 is 1.33 bits per heavy atom. The van der Waals surface area contributed by atoms with Gasteiger partial charge in [0, 0.05) is 23.4 Å². The van der Waals surface area contributed by atoms with Crippen molar-refractivity contribution in [1.29, 1.82) is 0 Å². The third-order valence-electron chi connectivity index (χ3n) is 4.22. The van der Waals surface area contributed by atoms with Gasteiger partial charge in [-0.05, 0) is 48.9 Å². The summed E-state index contributed by atoms with van der Waals surface area (Å²) in [6.07, 6.45) is 2.18. The van der Waals surface area contributed by atoms with Crippen molar-refractivity contribution < 1.29 is 28.7 Å². The standard InChI is InChI=1S/C22H24N2O6/c1-4-5-6-19(25)23-17-9-7-14(8-10-17)20(26)24-18-12-15(21(27)29-2)11-16(13-18)22(28)30-3/h7-13H,4-6H2,1-3H3,(H,23,25)(H,24,26). The van der Waals surface area contributed by atoms with Gasteiger partial charge in [0.2, 0.25) is 5.91 Å². The largest absolute Gasteiger partial charge is 0.465 e. The fourth-order valence-corrected chi connectivity index (χ4v) is 2.64. The highest BCUT2D eigenvalue weighted by Gasteiger charge is 2.15. The molecule has 0 fully saturated rings. The van der Waals surface area contributed by atoms with E-state index in [1.807, 2.05) is 6.92 Å². The van der Waals surface area contributed by atoms with Crippen LogP contribution in [0.15, 0.2) is 42.5 Å². The Bertz CT molecular complexity index is 903. The summed E-state index contributed by atoms with van der Waals surface area (Å²) in [5.41, 5.74) is 1.36. The predicted molar refractivity (Wildman–Crippen MR) is 112 cm³/mol. The second-order valence-electron chi connectivity index (χ2n) is 6.47. The van der Waals surface area contributed by atoms with E-state index >= 15 is 0 Å².